The third-order valence-electron chi connectivity index (χ3n) is 7.22. The number of carbonyl (C=O) groups excluding carboxylic acids is 2. The molecule has 216 valence electrons. The fourth-order valence-electron chi connectivity index (χ4n) is 5.05. The Morgan fingerprint density at radius 1 is 1.05 bits per heavy atom. The Balaban J connectivity index is 1.60. The normalized spacial score (nSPS) is 17.9. The maximum atomic E-state index is 13.9. The summed E-state index contributed by atoms with van der Waals surface area (Å²) in [5.74, 6) is 1.08. The van der Waals surface area contributed by atoms with Crippen molar-refractivity contribution in [2.75, 3.05) is 60.2 Å². The van der Waals surface area contributed by atoms with Crippen molar-refractivity contribution >= 4 is 17.5 Å². The molecule has 0 aromatic heterocycles. The van der Waals surface area contributed by atoms with Gasteiger partial charge in [0.2, 0.25) is 5.91 Å². The van der Waals surface area contributed by atoms with Gasteiger partial charge in [-0.05, 0) is 23.1 Å². The van der Waals surface area contributed by atoms with Gasteiger partial charge >= 0.3 is 0 Å². The van der Waals surface area contributed by atoms with Gasteiger partial charge in [-0.15, -0.1) is 0 Å². The quantitative estimate of drug-likeness (QED) is 0.445. The largest absolute Gasteiger partial charge is 0.497 e. The van der Waals surface area contributed by atoms with Gasteiger partial charge in [0.25, 0.3) is 5.91 Å². The first-order chi connectivity index (χ1) is 19.2. The molecule has 9 nitrogen and oxygen atoms in total. The average molecular weight is 551 g/mol. The van der Waals surface area contributed by atoms with E-state index < -0.39 is 0 Å². The summed E-state index contributed by atoms with van der Waals surface area (Å²) in [5.41, 5.74) is 2.37. The Morgan fingerprint density at radius 2 is 1.77 bits per heavy atom. The van der Waals surface area contributed by atoms with E-state index in [0.29, 0.717) is 50.6 Å². The molecule has 2 aromatic rings. The minimum Gasteiger partial charge on any atom is -0.497 e. The second-order valence-corrected chi connectivity index (χ2v) is 11.5. The molecule has 4 rings (SSSR count). The van der Waals surface area contributed by atoms with Crippen LogP contribution < -0.4 is 9.47 Å². The number of rotatable bonds is 10. The molecule has 0 saturated carbocycles. The number of hydrogen-bond donors (Lipinski definition) is 0. The zero-order valence-corrected chi connectivity index (χ0v) is 24.4. The number of amides is 2. The first kappa shape index (κ1) is 29.6. The van der Waals surface area contributed by atoms with Crippen LogP contribution in [-0.4, -0.2) is 92.5 Å². The third-order valence-corrected chi connectivity index (χ3v) is 7.22. The first-order valence-corrected chi connectivity index (χ1v) is 13.9. The fourth-order valence-corrected chi connectivity index (χ4v) is 5.05. The van der Waals surface area contributed by atoms with Crippen molar-refractivity contribution in [3.8, 4) is 11.5 Å². The van der Waals surface area contributed by atoms with E-state index in [1.54, 1.807) is 24.1 Å². The van der Waals surface area contributed by atoms with E-state index in [1.807, 2.05) is 69.3 Å². The first-order valence-electron chi connectivity index (χ1n) is 13.9. The second kappa shape index (κ2) is 13.3. The number of morpholine rings is 1. The van der Waals surface area contributed by atoms with Crippen LogP contribution in [0.4, 0.5) is 0 Å². The molecule has 1 atom stereocenters. The van der Waals surface area contributed by atoms with Gasteiger partial charge < -0.3 is 19.1 Å². The summed E-state index contributed by atoms with van der Waals surface area (Å²) in [4.78, 5) is 31.3. The molecule has 2 aromatic carbocycles. The van der Waals surface area contributed by atoms with Crippen LogP contribution in [0.1, 0.15) is 50.8 Å². The Labute approximate surface area is 237 Å². The van der Waals surface area contributed by atoms with E-state index in [1.165, 1.54) is 0 Å². The predicted molar refractivity (Wildman–Crippen MR) is 155 cm³/mol. The topological polar surface area (TPSA) is 83.9 Å². The van der Waals surface area contributed by atoms with Crippen LogP contribution in [-0.2, 0) is 14.3 Å². The van der Waals surface area contributed by atoms with Crippen LogP contribution in [0.3, 0.4) is 0 Å². The SMILES string of the molecule is COc1ccc(C2=NN(C(=O)CN(CCN3CCOCC3)C(=O)CC(C)(C)C)C(c3ccccc3)C2)c(OC)c1. The number of nitrogens with zero attached hydrogens (tertiary/aromatic N) is 4. The monoisotopic (exact) mass is 550 g/mol. The summed E-state index contributed by atoms with van der Waals surface area (Å²) in [6.45, 7) is 10.3. The molecule has 0 spiro atoms. The highest BCUT2D eigenvalue weighted by Crippen LogP contribution is 2.36. The van der Waals surface area contributed by atoms with Crippen LogP contribution in [0.5, 0.6) is 11.5 Å². The van der Waals surface area contributed by atoms with Gasteiger partial charge in [0.15, 0.2) is 0 Å². The Morgan fingerprint density at radius 3 is 2.42 bits per heavy atom. The molecule has 2 aliphatic heterocycles. The number of benzene rings is 2. The van der Waals surface area contributed by atoms with E-state index in [-0.39, 0.29) is 29.8 Å². The van der Waals surface area contributed by atoms with Crippen LogP contribution >= 0.6 is 0 Å². The molecule has 2 heterocycles. The summed E-state index contributed by atoms with van der Waals surface area (Å²) >= 11 is 0. The predicted octanol–water partition coefficient (Wildman–Crippen LogP) is 3.98. The van der Waals surface area contributed by atoms with Gasteiger partial charge in [-0.3, -0.25) is 14.5 Å². The molecule has 0 radical (unpaired) electrons. The fraction of sp³-hybridized carbons (Fsp3) is 0.516. The van der Waals surface area contributed by atoms with E-state index in [0.717, 1.165) is 29.9 Å². The zero-order valence-electron chi connectivity index (χ0n) is 24.4. The van der Waals surface area contributed by atoms with Crippen molar-refractivity contribution in [1.29, 1.82) is 0 Å². The highest BCUT2D eigenvalue weighted by molar-refractivity contribution is 6.05. The standard InChI is InChI=1S/C31H42N4O5/c1-31(2,3)21-29(36)34(14-13-33-15-17-40-18-16-33)22-30(37)35-27(23-9-7-6-8-10-23)20-26(32-35)25-12-11-24(38-4)19-28(25)39-5/h6-12,19,27H,13-18,20-22H2,1-5H3. The molecule has 2 aliphatic rings. The highest BCUT2D eigenvalue weighted by atomic mass is 16.5. The maximum absolute atomic E-state index is 13.9. The lowest BCUT2D eigenvalue weighted by molar-refractivity contribution is -0.142. The van der Waals surface area contributed by atoms with Gasteiger partial charge in [-0.25, -0.2) is 5.01 Å². The lowest BCUT2D eigenvalue weighted by Gasteiger charge is -2.32. The Kier molecular flexibility index (Phi) is 9.81. The van der Waals surface area contributed by atoms with Crippen LogP contribution in [0, 0.1) is 5.41 Å². The molecule has 0 aliphatic carbocycles. The highest BCUT2D eigenvalue weighted by Gasteiger charge is 2.35. The van der Waals surface area contributed by atoms with Crippen molar-refractivity contribution in [2.24, 2.45) is 10.5 Å². The maximum Gasteiger partial charge on any atom is 0.262 e. The van der Waals surface area contributed by atoms with Crippen molar-refractivity contribution in [2.45, 2.75) is 39.7 Å². The molecular formula is C31H42N4O5. The summed E-state index contributed by atoms with van der Waals surface area (Å²) in [7, 11) is 3.22. The zero-order chi connectivity index (χ0) is 28.7. The van der Waals surface area contributed by atoms with Crippen molar-refractivity contribution < 1.29 is 23.8 Å². The van der Waals surface area contributed by atoms with E-state index in [9.17, 15) is 9.59 Å². The Bertz CT molecular complexity index is 1190. The van der Waals surface area contributed by atoms with Gasteiger partial charge in [-0.2, -0.15) is 5.10 Å². The van der Waals surface area contributed by atoms with Gasteiger partial charge in [-0.1, -0.05) is 51.1 Å². The third kappa shape index (κ3) is 7.61. The summed E-state index contributed by atoms with van der Waals surface area (Å²) in [6.07, 6.45) is 0.894. The second-order valence-electron chi connectivity index (χ2n) is 11.5. The van der Waals surface area contributed by atoms with E-state index >= 15 is 0 Å². The summed E-state index contributed by atoms with van der Waals surface area (Å²) in [6, 6.07) is 15.2. The lowest BCUT2D eigenvalue weighted by Crippen LogP contribution is -2.47. The molecule has 40 heavy (non-hydrogen) atoms. The molecule has 1 fully saturated rings. The van der Waals surface area contributed by atoms with Crippen molar-refractivity contribution in [1.82, 2.24) is 14.8 Å². The molecule has 1 unspecified atom stereocenters. The number of ether oxygens (including phenoxy) is 3. The minimum absolute atomic E-state index is 0.0226. The minimum atomic E-state index is -0.283. The smallest absolute Gasteiger partial charge is 0.262 e. The van der Waals surface area contributed by atoms with Crippen molar-refractivity contribution in [3.63, 3.8) is 0 Å². The van der Waals surface area contributed by atoms with Gasteiger partial charge in [0, 0.05) is 50.7 Å². The number of methoxy groups -OCH3 is 2. The molecule has 9 heteroatoms. The van der Waals surface area contributed by atoms with E-state index in [2.05, 4.69) is 4.90 Å². The molecular weight excluding hydrogens is 508 g/mol. The molecule has 0 bridgehead atoms. The van der Waals surface area contributed by atoms with Crippen LogP contribution in [0.2, 0.25) is 0 Å². The van der Waals surface area contributed by atoms with Crippen molar-refractivity contribution in [3.05, 3.63) is 59.7 Å². The molecule has 1 saturated heterocycles. The number of hydrogen-bond acceptors (Lipinski definition) is 7. The number of carbonyl (C=O) groups is 2. The number of hydrazone groups is 1. The Hall–Kier alpha value is -3.43. The lowest BCUT2D eigenvalue weighted by atomic mass is 9.91. The average Bonchev–Trinajstić information content (AvgIpc) is 3.40. The van der Waals surface area contributed by atoms with E-state index in [4.69, 9.17) is 19.3 Å². The summed E-state index contributed by atoms with van der Waals surface area (Å²) in [5, 5.41) is 6.39. The molecule has 0 N–H and O–H groups in total. The van der Waals surface area contributed by atoms with Gasteiger partial charge in [0.1, 0.15) is 18.0 Å². The van der Waals surface area contributed by atoms with Crippen LogP contribution in [0.15, 0.2) is 53.6 Å². The van der Waals surface area contributed by atoms with Gasteiger partial charge in [0.05, 0.1) is 39.2 Å². The van der Waals surface area contributed by atoms with Crippen LogP contribution in [0.25, 0.3) is 0 Å². The molecule has 2 amide bonds. The summed E-state index contributed by atoms with van der Waals surface area (Å²) < 4.78 is 16.5.